The Labute approximate surface area is 97.0 Å². The Morgan fingerprint density at radius 1 is 1.12 bits per heavy atom. The lowest BCUT2D eigenvalue weighted by molar-refractivity contribution is 0.935. The lowest BCUT2D eigenvalue weighted by atomic mass is 10.0. The van der Waals surface area contributed by atoms with E-state index in [1.165, 1.54) is 22.5 Å². The highest BCUT2D eigenvalue weighted by Gasteiger charge is 2.09. The molecule has 2 heteroatoms. The molecular weight excluding hydrogens is 196 g/mol. The van der Waals surface area contributed by atoms with Gasteiger partial charge in [-0.2, -0.15) is 0 Å². The van der Waals surface area contributed by atoms with Gasteiger partial charge < -0.3 is 4.57 Å². The molecule has 1 aromatic carbocycles. The summed E-state index contributed by atoms with van der Waals surface area (Å²) >= 11 is 0. The first-order valence-electron chi connectivity index (χ1n) is 5.88. The Morgan fingerprint density at radius 2 is 1.75 bits per heavy atom. The molecule has 0 bridgehead atoms. The minimum absolute atomic E-state index is 1.06. The molecule has 1 aromatic heterocycles. The number of benzene rings is 1. The third-order valence-corrected chi connectivity index (χ3v) is 3.03. The monoisotopic (exact) mass is 214 g/mol. The van der Waals surface area contributed by atoms with E-state index in [4.69, 9.17) is 0 Å². The summed E-state index contributed by atoms with van der Waals surface area (Å²) in [5.41, 5.74) is 5.29. The van der Waals surface area contributed by atoms with Gasteiger partial charge >= 0.3 is 0 Å². The molecule has 0 atom stereocenters. The van der Waals surface area contributed by atoms with Crippen molar-refractivity contribution in [3.05, 3.63) is 47.5 Å². The largest absolute Gasteiger partial charge is 0.303 e. The van der Waals surface area contributed by atoms with Crippen molar-refractivity contribution in [3.63, 3.8) is 0 Å². The van der Waals surface area contributed by atoms with Crippen LogP contribution in [0.3, 0.4) is 0 Å². The average Bonchev–Trinajstić information content (AvgIpc) is 2.74. The second-order valence-electron chi connectivity index (χ2n) is 4.04. The van der Waals surface area contributed by atoms with Gasteiger partial charge in [-0.15, -0.1) is 0 Å². The molecule has 0 aliphatic carbocycles. The van der Waals surface area contributed by atoms with Gasteiger partial charge in [0.05, 0.1) is 12.0 Å². The van der Waals surface area contributed by atoms with Crippen LogP contribution in [0.4, 0.5) is 0 Å². The van der Waals surface area contributed by atoms with Crippen LogP contribution >= 0.6 is 0 Å². The van der Waals surface area contributed by atoms with E-state index in [2.05, 4.69) is 48.5 Å². The quantitative estimate of drug-likeness (QED) is 0.766. The summed E-state index contributed by atoms with van der Waals surface area (Å²) in [7, 11) is 0. The van der Waals surface area contributed by atoms with Gasteiger partial charge in [0.2, 0.25) is 0 Å². The first kappa shape index (κ1) is 10.9. The molecule has 2 nitrogen and oxygen atoms in total. The predicted octanol–water partition coefficient (Wildman–Crippen LogP) is 3.31. The third kappa shape index (κ3) is 1.75. The van der Waals surface area contributed by atoms with Crippen LogP contribution in [0.1, 0.15) is 30.7 Å². The molecule has 0 aliphatic rings. The predicted molar refractivity (Wildman–Crippen MR) is 67.1 cm³/mol. The summed E-state index contributed by atoms with van der Waals surface area (Å²) in [5, 5.41) is 0. The minimum atomic E-state index is 1.06. The van der Waals surface area contributed by atoms with Crippen molar-refractivity contribution in [1.29, 1.82) is 0 Å². The Balaban J connectivity index is 2.66. The normalized spacial score (nSPS) is 10.7. The zero-order valence-electron chi connectivity index (χ0n) is 10.2. The van der Waals surface area contributed by atoms with E-state index in [1.807, 2.05) is 12.5 Å². The van der Waals surface area contributed by atoms with Crippen molar-refractivity contribution in [2.75, 3.05) is 0 Å². The summed E-state index contributed by atoms with van der Waals surface area (Å²) < 4.78 is 2.19. The van der Waals surface area contributed by atoms with Crippen LogP contribution in [0.15, 0.2) is 30.7 Å². The molecule has 0 radical (unpaired) electrons. The van der Waals surface area contributed by atoms with Crippen LogP contribution in [0, 0.1) is 6.92 Å². The summed E-state index contributed by atoms with van der Waals surface area (Å²) in [6.45, 7) is 6.49. The Bertz CT molecular complexity index is 461. The minimum Gasteiger partial charge on any atom is -0.303 e. The van der Waals surface area contributed by atoms with Crippen molar-refractivity contribution >= 4 is 0 Å². The van der Waals surface area contributed by atoms with Crippen LogP contribution in [0.25, 0.3) is 5.69 Å². The van der Waals surface area contributed by atoms with Gasteiger partial charge in [-0.3, -0.25) is 0 Å². The number of rotatable bonds is 3. The molecule has 0 amide bonds. The fraction of sp³-hybridized carbons (Fsp3) is 0.357. The fourth-order valence-corrected chi connectivity index (χ4v) is 2.12. The molecule has 2 rings (SSSR count). The van der Waals surface area contributed by atoms with Crippen molar-refractivity contribution in [2.45, 2.75) is 33.6 Å². The molecule has 84 valence electrons. The standard InChI is InChI=1S/C14H18N2/c1-4-12-7-6-8-13(5-2)14(12)16-10-15-9-11(16)3/h6-10H,4-5H2,1-3H3. The first-order valence-corrected chi connectivity index (χ1v) is 5.88. The van der Waals surface area contributed by atoms with E-state index in [1.54, 1.807) is 0 Å². The summed E-state index contributed by atoms with van der Waals surface area (Å²) in [5.74, 6) is 0. The molecule has 1 heterocycles. The van der Waals surface area contributed by atoms with Crippen LogP contribution in [0.5, 0.6) is 0 Å². The Kier molecular flexibility index (Phi) is 3.09. The summed E-state index contributed by atoms with van der Waals surface area (Å²) in [6, 6.07) is 6.55. The average molecular weight is 214 g/mol. The molecular formula is C14H18N2. The number of nitrogens with zero attached hydrogens (tertiary/aromatic N) is 2. The number of hydrogen-bond donors (Lipinski definition) is 0. The molecule has 0 N–H and O–H groups in total. The zero-order chi connectivity index (χ0) is 11.5. The molecule has 0 fully saturated rings. The van der Waals surface area contributed by atoms with E-state index in [9.17, 15) is 0 Å². The molecule has 0 spiro atoms. The highest BCUT2D eigenvalue weighted by Crippen LogP contribution is 2.22. The van der Waals surface area contributed by atoms with Crippen molar-refractivity contribution < 1.29 is 0 Å². The van der Waals surface area contributed by atoms with Gasteiger partial charge in [-0.25, -0.2) is 4.98 Å². The molecule has 0 saturated carbocycles. The zero-order valence-corrected chi connectivity index (χ0v) is 10.2. The Hall–Kier alpha value is -1.57. The van der Waals surface area contributed by atoms with E-state index < -0.39 is 0 Å². The van der Waals surface area contributed by atoms with Gasteiger partial charge in [0, 0.05) is 11.9 Å². The summed E-state index contributed by atoms with van der Waals surface area (Å²) in [6.07, 6.45) is 5.93. The van der Waals surface area contributed by atoms with E-state index in [-0.39, 0.29) is 0 Å². The van der Waals surface area contributed by atoms with Gasteiger partial charge in [0.15, 0.2) is 0 Å². The van der Waals surface area contributed by atoms with Gasteiger partial charge in [0.25, 0.3) is 0 Å². The van der Waals surface area contributed by atoms with Gasteiger partial charge in [-0.1, -0.05) is 32.0 Å². The maximum absolute atomic E-state index is 4.21. The van der Waals surface area contributed by atoms with Crippen LogP contribution in [-0.4, -0.2) is 9.55 Å². The van der Waals surface area contributed by atoms with Crippen LogP contribution < -0.4 is 0 Å². The topological polar surface area (TPSA) is 17.8 Å². The molecule has 0 unspecified atom stereocenters. The van der Waals surface area contributed by atoms with Crippen LogP contribution in [-0.2, 0) is 12.8 Å². The second kappa shape index (κ2) is 4.52. The summed E-state index contributed by atoms with van der Waals surface area (Å²) in [4.78, 5) is 4.21. The highest BCUT2D eigenvalue weighted by atomic mass is 15.0. The lowest BCUT2D eigenvalue weighted by Crippen LogP contribution is -2.03. The van der Waals surface area contributed by atoms with Crippen LogP contribution in [0.2, 0.25) is 0 Å². The molecule has 0 saturated heterocycles. The maximum atomic E-state index is 4.21. The molecule has 16 heavy (non-hydrogen) atoms. The van der Waals surface area contributed by atoms with Crippen molar-refractivity contribution in [1.82, 2.24) is 9.55 Å². The lowest BCUT2D eigenvalue weighted by Gasteiger charge is -2.15. The third-order valence-electron chi connectivity index (χ3n) is 3.03. The van der Waals surface area contributed by atoms with Gasteiger partial charge in [0.1, 0.15) is 0 Å². The number of aryl methyl sites for hydroxylation is 3. The Morgan fingerprint density at radius 3 is 2.19 bits per heavy atom. The first-order chi connectivity index (χ1) is 7.77. The fourth-order valence-electron chi connectivity index (χ4n) is 2.12. The number of imidazole rings is 1. The van der Waals surface area contributed by atoms with Crippen molar-refractivity contribution in [2.24, 2.45) is 0 Å². The maximum Gasteiger partial charge on any atom is 0.0994 e. The van der Waals surface area contributed by atoms with Gasteiger partial charge in [-0.05, 0) is 30.9 Å². The number of aromatic nitrogens is 2. The van der Waals surface area contributed by atoms with E-state index in [0.717, 1.165) is 12.8 Å². The number of hydrogen-bond acceptors (Lipinski definition) is 1. The second-order valence-corrected chi connectivity index (χ2v) is 4.04. The highest BCUT2D eigenvalue weighted by molar-refractivity contribution is 5.49. The number of para-hydroxylation sites is 1. The van der Waals surface area contributed by atoms with E-state index in [0.29, 0.717) is 0 Å². The van der Waals surface area contributed by atoms with Crippen molar-refractivity contribution in [3.8, 4) is 5.69 Å². The van der Waals surface area contributed by atoms with E-state index >= 15 is 0 Å². The molecule has 0 aliphatic heterocycles. The SMILES string of the molecule is CCc1cccc(CC)c1-n1cncc1C. The molecule has 2 aromatic rings. The smallest absolute Gasteiger partial charge is 0.0994 e.